The van der Waals surface area contributed by atoms with E-state index in [1.165, 1.54) is 10.8 Å². The van der Waals surface area contributed by atoms with E-state index in [2.05, 4.69) is 152 Å². The van der Waals surface area contributed by atoms with Gasteiger partial charge in [-0.05, 0) is 68.9 Å². The van der Waals surface area contributed by atoms with Crippen molar-refractivity contribution in [2.45, 2.75) is 0 Å². The summed E-state index contributed by atoms with van der Waals surface area (Å²) in [6.45, 7) is 0. The lowest BCUT2D eigenvalue weighted by Crippen LogP contribution is -1.92. The zero-order valence-corrected chi connectivity index (χ0v) is 30.0. The Balaban J connectivity index is 0.931. The van der Waals surface area contributed by atoms with E-state index in [0.29, 0.717) is 0 Å². The second-order valence-corrected chi connectivity index (χ2v) is 14.5. The third-order valence-electron chi connectivity index (χ3n) is 11.3. The summed E-state index contributed by atoms with van der Waals surface area (Å²) in [6, 6.07) is 61.7. The van der Waals surface area contributed by atoms with Crippen LogP contribution in [0, 0.1) is 0 Å². The molecule has 56 heavy (non-hydrogen) atoms. The van der Waals surface area contributed by atoms with Gasteiger partial charge in [-0.25, -0.2) is 4.98 Å². The first-order valence-electron chi connectivity index (χ1n) is 18.9. The zero-order valence-electron chi connectivity index (χ0n) is 30.0. The van der Waals surface area contributed by atoms with E-state index in [9.17, 15) is 0 Å². The van der Waals surface area contributed by atoms with Gasteiger partial charge in [-0.2, -0.15) is 0 Å². The second kappa shape index (κ2) is 12.0. The maximum atomic E-state index is 6.55. The van der Waals surface area contributed by atoms with Gasteiger partial charge in [-0.3, -0.25) is 4.98 Å². The lowest BCUT2D eigenvalue weighted by molar-refractivity contribution is 0.658. The monoisotopic (exact) mass is 714 g/mol. The van der Waals surface area contributed by atoms with Gasteiger partial charge in [0.25, 0.3) is 0 Å². The minimum atomic E-state index is 0.838. The van der Waals surface area contributed by atoms with E-state index >= 15 is 0 Å². The molecule has 12 aromatic rings. The molecule has 4 nitrogen and oxygen atoms in total. The van der Waals surface area contributed by atoms with Gasteiger partial charge in [0.15, 0.2) is 0 Å². The number of rotatable bonds is 4. The van der Waals surface area contributed by atoms with E-state index in [1.54, 1.807) is 0 Å². The molecule has 3 aromatic heterocycles. The quantitative estimate of drug-likeness (QED) is 0.170. The minimum Gasteiger partial charge on any atom is -0.455 e. The van der Waals surface area contributed by atoms with Crippen molar-refractivity contribution in [1.82, 2.24) is 9.97 Å². The Labute approximate surface area is 320 Å². The van der Waals surface area contributed by atoms with Crippen molar-refractivity contribution in [3.05, 3.63) is 182 Å². The van der Waals surface area contributed by atoms with Crippen LogP contribution in [-0.2, 0) is 0 Å². The van der Waals surface area contributed by atoms with Crippen molar-refractivity contribution in [3.8, 4) is 44.6 Å². The van der Waals surface area contributed by atoms with Gasteiger partial charge in [0.05, 0.1) is 28.5 Å². The summed E-state index contributed by atoms with van der Waals surface area (Å²) < 4.78 is 13.1. The molecule has 0 fully saturated rings. The normalized spacial score (nSPS) is 11.9. The van der Waals surface area contributed by atoms with Gasteiger partial charge in [0, 0.05) is 37.9 Å². The molecule has 0 saturated carbocycles. The molecule has 260 valence electrons. The van der Waals surface area contributed by atoms with E-state index in [1.807, 2.05) is 30.5 Å². The number of aromatic nitrogens is 2. The highest BCUT2D eigenvalue weighted by Gasteiger charge is 2.21. The number of hydrogen-bond donors (Lipinski definition) is 0. The lowest BCUT2D eigenvalue weighted by atomic mass is 9.95. The summed E-state index contributed by atoms with van der Waals surface area (Å²) in [6.07, 6.45) is 1.91. The number of para-hydroxylation sites is 2. The third-order valence-corrected chi connectivity index (χ3v) is 11.3. The van der Waals surface area contributed by atoms with Crippen LogP contribution in [0.4, 0.5) is 0 Å². The molecule has 0 aliphatic heterocycles. The van der Waals surface area contributed by atoms with Gasteiger partial charge in [0.2, 0.25) is 0 Å². The van der Waals surface area contributed by atoms with Crippen LogP contribution in [0.2, 0.25) is 0 Å². The maximum absolute atomic E-state index is 6.55. The molecule has 0 aliphatic rings. The molecule has 0 saturated heterocycles. The van der Waals surface area contributed by atoms with Gasteiger partial charge in [-0.1, -0.05) is 146 Å². The van der Waals surface area contributed by atoms with Crippen LogP contribution in [0.1, 0.15) is 0 Å². The van der Waals surface area contributed by atoms with Crippen LogP contribution in [-0.4, -0.2) is 9.97 Å². The Morgan fingerprint density at radius 2 is 0.786 bits per heavy atom. The zero-order chi connectivity index (χ0) is 36.7. The van der Waals surface area contributed by atoms with Gasteiger partial charge >= 0.3 is 0 Å². The molecule has 0 radical (unpaired) electrons. The molecule has 0 bridgehead atoms. The summed E-state index contributed by atoms with van der Waals surface area (Å²) in [7, 11) is 0. The Morgan fingerprint density at radius 3 is 1.39 bits per heavy atom. The first-order valence-corrected chi connectivity index (χ1v) is 18.9. The van der Waals surface area contributed by atoms with Crippen LogP contribution in [0.25, 0.3) is 121 Å². The molecular weight excluding hydrogens is 685 g/mol. The Morgan fingerprint density at radius 1 is 0.321 bits per heavy atom. The molecule has 9 aromatic carbocycles. The number of fused-ring (bicyclic) bond motifs is 12. The number of hydrogen-bond acceptors (Lipinski definition) is 4. The number of nitrogens with zero attached hydrogens (tertiary/aromatic N) is 2. The van der Waals surface area contributed by atoms with E-state index in [4.69, 9.17) is 18.8 Å². The highest BCUT2D eigenvalue weighted by atomic mass is 16.3. The summed E-state index contributed by atoms with van der Waals surface area (Å²) >= 11 is 0. The molecule has 0 atom stereocenters. The van der Waals surface area contributed by atoms with Gasteiger partial charge in [0.1, 0.15) is 22.3 Å². The van der Waals surface area contributed by atoms with Crippen LogP contribution >= 0.6 is 0 Å². The largest absolute Gasteiger partial charge is 0.455 e. The molecule has 4 heteroatoms. The highest BCUT2D eigenvalue weighted by molar-refractivity contribution is 6.24. The third kappa shape index (κ3) is 4.66. The molecule has 3 heterocycles. The summed E-state index contributed by atoms with van der Waals surface area (Å²) in [5.41, 5.74) is 13.7. The molecule has 0 aliphatic carbocycles. The standard InChI is InChI=1S/C52H30N2O2/c1-3-19-41-37(15-1)38-16-2-4-20-42(38)50-49(41)53-30-45(54-50)36-14-10-13-35(28-36)34-12-9-11-33(27-34)31-23-25-32(26-24-31)48-51-43(39-17-5-7-21-46(39)55-51)29-44-40-18-6-8-22-47(40)56-52(44)48/h1-30H. The van der Waals surface area contributed by atoms with Crippen molar-refractivity contribution in [3.63, 3.8) is 0 Å². The maximum Gasteiger partial charge on any atom is 0.147 e. The smallest absolute Gasteiger partial charge is 0.147 e. The highest BCUT2D eigenvalue weighted by Crippen LogP contribution is 2.45. The predicted octanol–water partition coefficient (Wildman–Crippen LogP) is 14.4. The van der Waals surface area contributed by atoms with Crippen molar-refractivity contribution in [2.75, 3.05) is 0 Å². The van der Waals surface area contributed by atoms with Crippen molar-refractivity contribution >= 4 is 76.5 Å². The Bertz CT molecular complexity index is 3410. The Hall–Kier alpha value is -7.56. The van der Waals surface area contributed by atoms with Gasteiger partial charge in [-0.15, -0.1) is 0 Å². The van der Waals surface area contributed by atoms with Crippen LogP contribution < -0.4 is 0 Å². The average Bonchev–Trinajstić information content (AvgIpc) is 3.84. The summed E-state index contributed by atoms with van der Waals surface area (Å²) in [5, 5.41) is 8.99. The second-order valence-electron chi connectivity index (χ2n) is 14.5. The average molecular weight is 715 g/mol. The molecule has 0 unspecified atom stereocenters. The number of furan rings is 2. The minimum absolute atomic E-state index is 0.838. The van der Waals surface area contributed by atoms with E-state index < -0.39 is 0 Å². The first kappa shape index (κ1) is 30.9. The molecular formula is C52H30N2O2. The van der Waals surface area contributed by atoms with Gasteiger partial charge < -0.3 is 8.83 Å². The van der Waals surface area contributed by atoms with E-state index in [0.717, 1.165) is 110 Å². The summed E-state index contributed by atoms with van der Waals surface area (Å²) in [5.74, 6) is 0. The molecule has 0 N–H and O–H groups in total. The fourth-order valence-electron chi connectivity index (χ4n) is 8.63. The first-order chi connectivity index (χ1) is 27.7. The fraction of sp³-hybridized carbons (Fsp3) is 0. The van der Waals surface area contributed by atoms with Crippen molar-refractivity contribution in [1.29, 1.82) is 0 Å². The predicted molar refractivity (Wildman–Crippen MR) is 231 cm³/mol. The Kier molecular flexibility index (Phi) is 6.60. The summed E-state index contributed by atoms with van der Waals surface area (Å²) in [4.78, 5) is 10.2. The lowest BCUT2D eigenvalue weighted by Gasteiger charge is -2.11. The van der Waals surface area contributed by atoms with E-state index in [-0.39, 0.29) is 0 Å². The molecule has 0 spiro atoms. The van der Waals surface area contributed by atoms with Crippen LogP contribution in [0.5, 0.6) is 0 Å². The van der Waals surface area contributed by atoms with Crippen LogP contribution in [0.15, 0.2) is 191 Å². The SMILES string of the molecule is c1cc(-c2ccc(-c3c4oc5ccccc5c4cc4c3oc3ccccc34)cc2)cc(-c2cccc(-c3cnc4c5ccccc5c5ccccc5c4n3)c2)c1. The van der Waals surface area contributed by atoms with Crippen LogP contribution in [0.3, 0.4) is 0 Å². The van der Waals surface area contributed by atoms with Crippen molar-refractivity contribution < 1.29 is 8.83 Å². The number of benzene rings is 9. The fourth-order valence-corrected chi connectivity index (χ4v) is 8.63. The topological polar surface area (TPSA) is 52.1 Å². The molecule has 0 amide bonds. The molecule has 12 rings (SSSR count). The van der Waals surface area contributed by atoms with Crippen molar-refractivity contribution in [2.24, 2.45) is 0 Å².